The average molecular weight is 180 g/mol. The lowest BCUT2D eigenvalue weighted by Gasteiger charge is -2.13. The number of phenolic OH excluding ortho intramolecular Hbond substituents is 1. The van der Waals surface area contributed by atoms with Crippen LogP contribution in [0.2, 0.25) is 0 Å². The number of rotatable bonds is 0. The molecule has 0 aromatic heterocycles. The van der Waals surface area contributed by atoms with Crippen LogP contribution < -0.4 is 0 Å². The van der Waals surface area contributed by atoms with Crippen LogP contribution in [0.5, 0.6) is 5.75 Å². The fourth-order valence-corrected chi connectivity index (χ4v) is 2.15. The summed E-state index contributed by atoms with van der Waals surface area (Å²) in [6.45, 7) is 0. The smallest absolute Gasteiger partial charge is 0.194 e. The van der Waals surface area contributed by atoms with Crippen molar-refractivity contribution in [3.05, 3.63) is 23.8 Å². The highest BCUT2D eigenvalue weighted by molar-refractivity contribution is 8.13. The Morgan fingerprint density at radius 3 is 3.00 bits per heavy atom. The van der Waals surface area contributed by atoms with Gasteiger partial charge in [0.25, 0.3) is 0 Å². The Labute approximate surface area is 74.6 Å². The monoisotopic (exact) mass is 180 g/mol. The first-order valence-corrected chi connectivity index (χ1v) is 4.60. The lowest BCUT2D eigenvalue weighted by Crippen LogP contribution is -2.03. The molecule has 0 atom stereocenters. The van der Waals surface area contributed by atoms with Crippen LogP contribution in [-0.2, 0) is 11.2 Å². The Bertz CT molecular complexity index is 333. The molecule has 1 aromatic carbocycles. The van der Waals surface area contributed by atoms with Crippen molar-refractivity contribution in [2.75, 3.05) is 0 Å². The molecule has 0 saturated heterocycles. The molecule has 1 aliphatic rings. The summed E-state index contributed by atoms with van der Waals surface area (Å²) in [5.41, 5.74) is 1.08. The van der Waals surface area contributed by atoms with Crippen molar-refractivity contribution in [3.63, 3.8) is 0 Å². The van der Waals surface area contributed by atoms with Crippen LogP contribution in [0, 0.1) is 0 Å². The standard InChI is InChI=1S/C9H8O2S/c10-7-2-3-8-6(5-7)1-4-9(11)12-8/h2-3,5,10H,1,4H2. The van der Waals surface area contributed by atoms with E-state index in [4.69, 9.17) is 5.11 Å². The van der Waals surface area contributed by atoms with Crippen molar-refractivity contribution >= 4 is 16.9 Å². The van der Waals surface area contributed by atoms with Gasteiger partial charge in [0.15, 0.2) is 5.12 Å². The molecule has 1 heterocycles. The SMILES string of the molecule is O=C1CCc2cc(O)ccc2S1. The number of phenols is 1. The van der Waals surface area contributed by atoms with Gasteiger partial charge in [-0.05, 0) is 30.2 Å². The van der Waals surface area contributed by atoms with Gasteiger partial charge in [0.2, 0.25) is 0 Å². The van der Waals surface area contributed by atoms with Crippen LogP contribution in [-0.4, -0.2) is 10.2 Å². The molecule has 2 rings (SSSR count). The van der Waals surface area contributed by atoms with Crippen molar-refractivity contribution in [1.29, 1.82) is 0 Å². The van der Waals surface area contributed by atoms with Gasteiger partial charge in [-0.3, -0.25) is 4.79 Å². The van der Waals surface area contributed by atoms with E-state index in [0.29, 0.717) is 6.42 Å². The van der Waals surface area contributed by atoms with Gasteiger partial charge in [0, 0.05) is 11.3 Å². The number of benzene rings is 1. The van der Waals surface area contributed by atoms with E-state index in [-0.39, 0.29) is 10.9 Å². The zero-order valence-electron chi connectivity index (χ0n) is 6.41. The molecule has 0 saturated carbocycles. The number of aryl methyl sites for hydroxylation is 1. The third-order valence-electron chi connectivity index (χ3n) is 1.87. The van der Waals surface area contributed by atoms with Gasteiger partial charge >= 0.3 is 0 Å². The number of carbonyl (C=O) groups excluding carboxylic acids is 1. The average Bonchev–Trinajstić information content (AvgIpc) is 2.05. The third kappa shape index (κ3) is 1.32. The van der Waals surface area contributed by atoms with Gasteiger partial charge in [-0.1, -0.05) is 11.8 Å². The fraction of sp³-hybridized carbons (Fsp3) is 0.222. The van der Waals surface area contributed by atoms with Crippen LogP contribution >= 0.6 is 11.8 Å². The van der Waals surface area contributed by atoms with Gasteiger partial charge in [0.1, 0.15) is 5.75 Å². The Morgan fingerprint density at radius 1 is 1.33 bits per heavy atom. The Morgan fingerprint density at radius 2 is 2.17 bits per heavy atom. The molecule has 0 bridgehead atoms. The van der Waals surface area contributed by atoms with Crippen LogP contribution in [0.1, 0.15) is 12.0 Å². The summed E-state index contributed by atoms with van der Waals surface area (Å²) in [4.78, 5) is 12.0. The van der Waals surface area contributed by atoms with Crippen molar-refractivity contribution in [2.45, 2.75) is 17.7 Å². The summed E-state index contributed by atoms with van der Waals surface area (Å²) >= 11 is 1.27. The lowest BCUT2D eigenvalue weighted by molar-refractivity contribution is -0.111. The lowest BCUT2D eigenvalue weighted by atomic mass is 10.1. The first-order valence-electron chi connectivity index (χ1n) is 3.78. The van der Waals surface area contributed by atoms with Gasteiger partial charge in [0.05, 0.1) is 0 Å². The first kappa shape index (κ1) is 7.68. The molecule has 62 valence electrons. The zero-order valence-corrected chi connectivity index (χ0v) is 7.23. The minimum Gasteiger partial charge on any atom is -0.508 e. The highest BCUT2D eigenvalue weighted by atomic mass is 32.2. The zero-order chi connectivity index (χ0) is 8.55. The second-order valence-corrected chi connectivity index (χ2v) is 3.87. The number of hydrogen-bond acceptors (Lipinski definition) is 3. The molecule has 2 nitrogen and oxygen atoms in total. The molecule has 3 heteroatoms. The van der Waals surface area contributed by atoms with Gasteiger partial charge in [-0.25, -0.2) is 0 Å². The number of fused-ring (bicyclic) bond motifs is 1. The van der Waals surface area contributed by atoms with E-state index < -0.39 is 0 Å². The highest BCUT2D eigenvalue weighted by Crippen LogP contribution is 2.32. The maximum Gasteiger partial charge on any atom is 0.194 e. The van der Waals surface area contributed by atoms with Crippen LogP contribution in [0.25, 0.3) is 0 Å². The van der Waals surface area contributed by atoms with Crippen molar-refractivity contribution < 1.29 is 9.90 Å². The van der Waals surface area contributed by atoms with E-state index in [1.54, 1.807) is 18.2 Å². The largest absolute Gasteiger partial charge is 0.508 e. The summed E-state index contributed by atoms with van der Waals surface area (Å²) < 4.78 is 0. The predicted octanol–water partition coefficient (Wildman–Crippen LogP) is 1.96. The Kier molecular flexibility index (Phi) is 1.81. The van der Waals surface area contributed by atoms with Crippen LogP contribution in [0.3, 0.4) is 0 Å². The Hall–Kier alpha value is -0.960. The van der Waals surface area contributed by atoms with E-state index in [0.717, 1.165) is 16.9 Å². The summed E-state index contributed by atoms with van der Waals surface area (Å²) in [7, 11) is 0. The van der Waals surface area contributed by atoms with E-state index in [1.807, 2.05) is 0 Å². The number of hydrogen-bond donors (Lipinski definition) is 1. The molecule has 12 heavy (non-hydrogen) atoms. The van der Waals surface area contributed by atoms with E-state index in [1.165, 1.54) is 11.8 Å². The maximum absolute atomic E-state index is 11.0. The number of carbonyl (C=O) groups is 1. The molecular weight excluding hydrogens is 172 g/mol. The van der Waals surface area contributed by atoms with Crippen molar-refractivity contribution in [3.8, 4) is 5.75 Å². The molecule has 0 amide bonds. The third-order valence-corrected chi connectivity index (χ3v) is 2.92. The summed E-state index contributed by atoms with van der Waals surface area (Å²) in [5.74, 6) is 0.281. The van der Waals surface area contributed by atoms with Crippen LogP contribution in [0.15, 0.2) is 23.1 Å². The molecule has 0 unspecified atom stereocenters. The molecule has 0 radical (unpaired) electrons. The number of thioether (sulfide) groups is 1. The summed E-state index contributed by atoms with van der Waals surface area (Å²) in [5, 5.41) is 9.38. The van der Waals surface area contributed by atoms with E-state index >= 15 is 0 Å². The second-order valence-electron chi connectivity index (χ2n) is 2.77. The maximum atomic E-state index is 11.0. The molecule has 1 aromatic rings. The quantitative estimate of drug-likeness (QED) is 0.663. The number of aromatic hydroxyl groups is 1. The minimum atomic E-state index is 0.216. The summed E-state index contributed by atoms with van der Waals surface area (Å²) in [6.07, 6.45) is 1.34. The fourth-order valence-electron chi connectivity index (χ4n) is 1.27. The van der Waals surface area contributed by atoms with Gasteiger partial charge < -0.3 is 5.11 Å². The first-order chi connectivity index (χ1) is 5.75. The van der Waals surface area contributed by atoms with Gasteiger partial charge in [-0.15, -0.1) is 0 Å². The molecular formula is C9H8O2S. The van der Waals surface area contributed by atoms with Crippen LogP contribution in [0.4, 0.5) is 0 Å². The Balaban J connectivity index is 2.43. The molecule has 1 aliphatic heterocycles. The predicted molar refractivity (Wildman–Crippen MR) is 47.3 cm³/mol. The second kappa shape index (κ2) is 2.83. The van der Waals surface area contributed by atoms with E-state index in [9.17, 15) is 4.79 Å². The molecule has 0 fully saturated rings. The van der Waals surface area contributed by atoms with Crippen molar-refractivity contribution in [1.82, 2.24) is 0 Å². The topological polar surface area (TPSA) is 37.3 Å². The molecule has 0 spiro atoms. The van der Waals surface area contributed by atoms with Crippen molar-refractivity contribution in [2.24, 2.45) is 0 Å². The molecule has 0 aliphatic carbocycles. The summed E-state index contributed by atoms with van der Waals surface area (Å²) in [6, 6.07) is 5.14. The molecule has 1 N–H and O–H groups in total. The highest BCUT2D eigenvalue weighted by Gasteiger charge is 2.15. The minimum absolute atomic E-state index is 0.216. The van der Waals surface area contributed by atoms with E-state index in [2.05, 4.69) is 0 Å². The van der Waals surface area contributed by atoms with Gasteiger partial charge in [-0.2, -0.15) is 0 Å². The normalized spacial score (nSPS) is 15.8.